The van der Waals surface area contributed by atoms with Gasteiger partial charge in [0.1, 0.15) is 19.0 Å². The summed E-state index contributed by atoms with van der Waals surface area (Å²) in [5.74, 6) is 0.953. The van der Waals surface area contributed by atoms with E-state index in [-0.39, 0.29) is 162 Å². The van der Waals surface area contributed by atoms with E-state index in [0.717, 1.165) is 5.56 Å². The van der Waals surface area contributed by atoms with Gasteiger partial charge in [0.15, 0.2) is 0 Å². The summed E-state index contributed by atoms with van der Waals surface area (Å²) in [7, 11) is -7.99. The second-order valence-corrected chi connectivity index (χ2v) is 9.52. The van der Waals surface area contributed by atoms with E-state index in [0.29, 0.717) is 12.3 Å². The maximum absolute atomic E-state index is 10.6. The zero-order chi connectivity index (χ0) is 25.0. The first-order chi connectivity index (χ1) is 16.0. The van der Waals surface area contributed by atoms with Crippen LogP contribution in [0.25, 0.3) is 0 Å². The Kier molecular flexibility index (Phi) is 27.0. The van der Waals surface area contributed by atoms with E-state index < -0.39 is 27.9 Å². The van der Waals surface area contributed by atoms with Crippen molar-refractivity contribution in [2.45, 2.75) is 6.54 Å². The molecule has 0 bridgehead atoms. The third kappa shape index (κ3) is 21.4. The van der Waals surface area contributed by atoms with Crippen LogP contribution < -0.4 is 157 Å². The fourth-order valence-electron chi connectivity index (χ4n) is 2.32. The number of ether oxygens (including phenoxy) is 5. The molecule has 1 aromatic heterocycles. The molecule has 0 atom stereocenters. The normalized spacial score (nSPS) is 10.6. The fraction of sp³-hybridized carbons (Fsp3) is 0.444. The standard InChI is InChI=1S/C18H27N3O11P2.4Na/c1-28-15-4-2-14(3-5-15)11-19-18-20-16(31-8-6-29-12-33(22,23)24)10-17(21-18)32-9-7-30-13-34(25,26)27;;;;/h2-5,10H,6-9,11-13H2,1H3,(H,19,20,21)(H2,22,23,24)(H2,25,26,27);;;;/q;4*+1/p-4. The van der Waals surface area contributed by atoms with Crippen LogP contribution in [-0.4, -0.2) is 56.2 Å². The van der Waals surface area contributed by atoms with Crippen molar-refractivity contribution in [3.05, 3.63) is 35.9 Å². The second-order valence-electron chi connectivity index (χ2n) is 6.56. The monoisotopic (exact) mass is 611 g/mol. The fourth-order valence-corrected chi connectivity index (χ4v) is 3.02. The number of anilines is 1. The number of hydrogen-bond acceptors (Lipinski definition) is 14. The maximum atomic E-state index is 10.6. The van der Waals surface area contributed by atoms with Crippen molar-refractivity contribution in [2.24, 2.45) is 0 Å². The number of benzene rings is 1. The summed E-state index contributed by atoms with van der Waals surface area (Å²) in [4.78, 5) is 50.6. The van der Waals surface area contributed by atoms with Crippen LogP contribution in [0.15, 0.2) is 30.3 Å². The van der Waals surface area contributed by atoms with Gasteiger partial charge in [-0.1, -0.05) is 12.1 Å². The Hall–Kier alpha value is 1.72. The Labute approximate surface area is 309 Å². The Balaban J connectivity index is -0.00000306. The van der Waals surface area contributed by atoms with Crippen LogP contribution in [0.5, 0.6) is 17.5 Å². The van der Waals surface area contributed by atoms with Crippen molar-refractivity contribution in [1.82, 2.24) is 9.97 Å². The summed E-state index contributed by atoms with van der Waals surface area (Å²) >= 11 is 0. The van der Waals surface area contributed by atoms with Crippen molar-refractivity contribution < 1.29 is 171 Å². The van der Waals surface area contributed by atoms with E-state index in [2.05, 4.69) is 15.3 Å². The Morgan fingerprint density at radius 1 is 0.763 bits per heavy atom. The van der Waals surface area contributed by atoms with E-state index in [1.54, 1.807) is 19.2 Å². The number of nitrogens with zero attached hydrogens (tertiary/aromatic N) is 2. The van der Waals surface area contributed by atoms with Gasteiger partial charge in [0.2, 0.25) is 17.7 Å². The molecule has 2 rings (SSSR count). The minimum absolute atomic E-state index is 0. The Bertz CT molecular complexity index is 950. The molecule has 0 spiro atoms. The third-order valence-electron chi connectivity index (χ3n) is 3.74. The topological polar surface area (TPSA) is 210 Å². The average molecular weight is 611 g/mol. The van der Waals surface area contributed by atoms with E-state index in [1.165, 1.54) is 6.07 Å². The van der Waals surface area contributed by atoms with Crippen molar-refractivity contribution in [3.63, 3.8) is 0 Å². The molecule has 0 aliphatic carbocycles. The molecule has 38 heavy (non-hydrogen) atoms. The number of rotatable bonds is 16. The third-order valence-corrected chi connectivity index (χ3v) is 4.74. The first kappa shape index (κ1) is 44.2. The Morgan fingerprint density at radius 3 is 1.61 bits per heavy atom. The molecule has 0 aliphatic rings. The first-order valence-electron chi connectivity index (χ1n) is 9.73. The van der Waals surface area contributed by atoms with Crippen molar-refractivity contribution in [2.75, 3.05) is 51.6 Å². The van der Waals surface area contributed by atoms with E-state index in [9.17, 15) is 28.7 Å². The molecular weight excluding hydrogens is 588 g/mol. The van der Waals surface area contributed by atoms with Crippen molar-refractivity contribution >= 4 is 21.1 Å². The summed E-state index contributed by atoms with van der Waals surface area (Å²) in [5.41, 5.74) is 0.902. The van der Waals surface area contributed by atoms with Gasteiger partial charge in [-0.25, -0.2) is 0 Å². The van der Waals surface area contributed by atoms with Crippen molar-refractivity contribution in [3.8, 4) is 17.5 Å². The Morgan fingerprint density at radius 2 is 1.21 bits per heavy atom. The quantitative estimate of drug-likeness (QED) is 0.106. The molecule has 190 valence electrons. The van der Waals surface area contributed by atoms with Crippen LogP contribution in [0.1, 0.15) is 5.56 Å². The number of methoxy groups -OCH3 is 1. The molecule has 1 N–H and O–H groups in total. The van der Waals surface area contributed by atoms with Gasteiger partial charge in [0.05, 0.1) is 39.1 Å². The van der Waals surface area contributed by atoms with Crippen molar-refractivity contribution in [1.29, 1.82) is 0 Å². The predicted octanol–water partition coefficient (Wildman–Crippen LogP) is -13.4. The summed E-state index contributed by atoms with van der Waals surface area (Å²) in [5, 5.41) is 3.00. The summed E-state index contributed by atoms with van der Waals surface area (Å²) in [6, 6.07) is 8.59. The van der Waals surface area contributed by atoms with Gasteiger partial charge < -0.3 is 57.7 Å². The van der Waals surface area contributed by atoms with Gasteiger partial charge in [0.25, 0.3) is 0 Å². The van der Waals surface area contributed by atoms with Crippen LogP contribution in [0.4, 0.5) is 5.95 Å². The molecule has 0 aliphatic heterocycles. The van der Waals surface area contributed by atoms with E-state index in [1.807, 2.05) is 12.1 Å². The molecule has 0 radical (unpaired) electrons. The SMILES string of the molecule is COc1ccc(CNc2nc(OCCOCP(=O)([O-])[O-])cc(OCCOCP(=O)([O-])[O-])n2)cc1.[Na+].[Na+].[Na+].[Na+]. The van der Waals surface area contributed by atoms with Gasteiger partial charge >= 0.3 is 118 Å². The minimum atomic E-state index is -4.78. The largest absolute Gasteiger partial charge is 1.00 e. The molecule has 1 aromatic carbocycles. The van der Waals surface area contributed by atoms with Gasteiger partial charge in [-0.3, -0.25) is 0 Å². The van der Waals surface area contributed by atoms with Crippen LogP contribution >= 0.6 is 15.2 Å². The molecule has 0 saturated carbocycles. The van der Waals surface area contributed by atoms with Crippen LogP contribution in [0.2, 0.25) is 0 Å². The van der Waals surface area contributed by atoms with Crippen LogP contribution in [-0.2, 0) is 25.1 Å². The molecule has 14 nitrogen and oxygen atoms in total. The first-order valence-corrected chi connectivity index (χ1v) is 13.2. The number of hydrogen-bond donors (Lipinski definition) is 1. The molecular formula is C18H23N3Na4O11P2. The molecule has 0 amide bonds. The van der Waals surface area contributed by atoms with Gasteiger partial charge in [0, 0.05) is 6.54 Å². The molecule has 0 fully saturated rings. The summed E-state index contributed by atoms with van der Waals surface area (Å²) in [6.07, 6.45) is -1.91. The molecule has 20 heteroatoms. The zero-order valence-corrected chi connectivity index (χ0v) is 31.9. The second kappa shape index (κ2) is 23.2. The van der Waals surface area contributed by atoms with E-state index in [4.69, 9.17) is 23.7 Å². The van der Waals surface area contributed by atoms with Crippen LogP contribution in [0, 0.1) is 0 Å². The van der Waals surface area contributed by atoms with Crippen LogP contribution in [0.3, 0.4) is 0 Å². The molecule has 0 unspecified atom stereocenters. The maximum Gasteiger partial charge on any atom is 1.00 e. The summed E-state index contributed by atoms with van der Waals surface area (Å²) < 4.78 is 46.5. The minimum Gasteiger partial charge on any atom is -0.809 e. The van der Waals surface area contributed by atoms with Gasteiger partial charge in [-0.05, 0) is 32.9 Å². The summed E-state index contributed by atoms with van der Waals surface area (Å²) in [6.45, 7) is -0.230. The molecule has 2 aromatic rings. The zero-order valence-electron chi connectivity index (χ0n) is 22.1. The van der Waals surface area contributed by atoms with Gasteiger partial charge in [-0.15, -0.1) is 0 Å². The predicted molar refractivity (Wildman–Crippen MR) is 110 cm³/mol. The van der Waals surface area contributed by atoms with E-state index >= 15 is 0 Å². The average Bonchev–Trinajstić information content (AvgIpc) is 2.76. The number of aromatic nitrogens is 2. The number of nitrogens with one attached hydrogen (secondary N) is 1. The molecule has 1 heterocycles. The molecule has 0 saturated heterocycles. The van der Waals surface area contributed by atoms with Gasteiger partial charge in [-0.2, -0.15) is 9.97 Å². The smallest absolute Gasteiger partial charge is 0.809 e.